The summed E-state index contributed by atoms with van der Waals surface area (Å²) in [4.78, 5) is 11.7. The molecular formula is C15H14ClFN2O4S. The van der Waals surface area contributed by atoms with Gasteiger partial charge in [0.25, 0.3) is 5.91 Å². The van der Waals surface area contributed by atoms with Gasteiger partial charge in [0.15, 0.2) is 0 Å². The van der Waals surface area contributed by atoms with Crippen LogP contribution >= 0.6 is 11.6 Å². The van der Waals surface area contributed by atoms with E-state index in [1.807, 2.05) is 0 Å². The van der Waals surface area contributed by atoms with Crippen molar-refractivity contribution in [2.75, 3.05) is 18.5 Å². The zero-order valence-electron chi connectivity index (χ0n) is 12.3. The third kappa shape index (κ3) is 4.51. The molecule has 128 valence electrons. The van der Waals surface area contributed by atoms with Crippen LogP contribution in [-0.4, -0.2) is 32.6 Å². The van der Waals surface area contributed by atoms with Gasteiger partial charge in [-0.25, -0.2) is 17.5 Å². The fourth-order valence-corrected chi connectivity index (χ4v) is 2.98. The summed E-state index contributed by atoms with van der Waals surface area (Å²) in [6.07, 6.45) is 0. The molecule has 0 unspecified atom stereocenters. The highest BCUT2D eigenvalue weighted by molar-refractivity contribution is 7.89. The first-order valence-electron chi connectivity index (χ1n) is 6.80. The first-order valence-corrected chi connectivity index (χ1v) is 8.66. The molecule has 0 fully saturated rings. The molecule has 0 saturated carbocycles. The monoisotopic (exact) mass is 372 g/mol. The van der Waals surface area contributed by atoms with Crippen molar-refractivity contribution >= 4 is 33.2 Å². The van der Waals surface area contributed by atoms with Gasteiger partial charge in [-0.3, -0.25) is 4.79 Å². The van der Waals surface area contributed by atoms with Crippen LogP contribution in [-0.2, 0) is 10.0 Å². The highest BCUT2D eigenvalue weighted by Gasteiger charge is 2.17. The largest absolute Gasteiger partial charge is 0.395 e. The van der Waals surface area contributed by atoms with E-state index in [4.69, 9.17) is 16.7 Å². The van der Waals surface area contributed by atoms with Crippen LogP contribution in [0.2, 0.25) is 5.02 Å². The predicted molar refractivity (Wildman–Crippen MR) is 88.1 cm³/mol. The Hall–Kier alpha value is -2.00. The Kier molecular flexibility index (Phi) is 5.89. The van der Waals surface area contributed by atoms with Crippen molar-refractivity contribution in [1.82, 2.24) is 4.72 Å². The lowest BCUT2D eigenvalue weighted by atomic mass is 10.2. The molecule has 2 aromatic rings. The number of aliphatic hydroxyl groups is 1. The summed E-state index contributed by atoms with van der Waals surface area (Å²) in [7, 11) is -3.92. The highest BCUT2D eigenvalue weighted by Crippen LogP contribution is 2.20. The Morgan fingerprint density at radius 3 is 2.42 bits per heavy atom. The summed E-state index contributed by atoms with van der Waals surface area (Å²) in [6, 6.07) is 9.10. The molecule has 1 amide bonds. The van der Waals surface area contributed by atoms with E-state index in [0.29, 0.717) is 5.02 Å². The van der Waals surface area contributed by atoms with Gasteiger partial charge < -0.3 is 10.4 Å². The quantitative estimate of drug-likeness (QED) is 0.722. The normalized spacial score (nSPS) is 11.3. The Morgan fingerprint density at radius 1 is 1.17 bits per heavy atom. The van der Waals surface area contributed by atoms with Gasteiger partial charge in [-0.05, 0) is 42.5 Å². The average molecular weight is 373 g/mol. The van der Waals surface area contributed by atoms with E-state index >= 15 is 0 Å². The van der Waals surface area contributed by atoms with Crippen LogP contribution in [0.25, 0.3) is 0 Å². The molecule has 0 atom stereocenters. The van der Waals surface area contributed by atoms with Crippen molar-refractivity contribution < 1.29 is 22.7 Å². The molecule has 0 radical (unpaired) electrons. The number of halogens is 2. The highest BCUT2D eigenvalue weighted by atomic mass is 35.5. The summed E-state index contributed by atoms with van der Waals surface area (Å²) in [5, 5.41) is 11.5. The Balaban J connectivity index is 2.18. The van der Waals surface area contributed by atoms with Crippen molar-refractivity contribution in [2.24, 2.45) is 0 Å². The summed E-state index contributed by atoms with van der Waals surface area (Å²) in [6.45, 7) is -0.560. The molecule has 0 saturated heterocycles. The smallest absolute Gasteiger partial charge is 0.255 e. The number of benzene rings is 2. The molecule has 0 aliphatic carbocycles. The SMILES string of the molecule is O=C(Nc1ccc(S(=O)(=O)NCCO)cc1F)c1ccc(Cl)cc1. The number of aliphatic hydroxyl groups excluding tert-OH is 1. The Morgan fingerprint density at radius 2 is 1.83 bits per heavy atom. The molecule has 2 aromatic carbocycles. The molecule has 0 bridgehead atoms. The molecule has 0 aliphatic heterocycles. The zero-order valence-corrected chi connectivity index (χ0v) is 13.9. The molecule has 3 N–H and O–H groups in total. The van der Waals surface area contributed by atoms with Gasteiger partial charge >= 0.3 is 0 Å². The van der Waals surface area contributed by atoms with Gasteiger partial charge in [0.1, 0.15) is 5.82 Å². The van der Waals surface area contributed by atoms with E-state index in [-0.39, 0.29) is 29.3 Å². The maximum Gasteiger partial charge on any atom is 0.255 e. The minimum atomic E-state index is -3.92. The first-order chi connectivity index (χ1) is 11.3. The van der Waals surface area contributed by atoms with Crippen LogP contribution in [0.4, 0.5) is 10.1 Å². The number of rotatable bonds is 6. The number of hydrogen-bond acceptors (Lipinski definition) is 4. The summed E-state index contributed by atoms with van der Waals surface area (Å²) in [5.41, 5.74) is 0.121. The summed E-state index contributed by atoms with van der Waals surface area (Å²) < 4.78 is 39.8. The number of carbonyl (C=O) groups is 1. The predicted octanol–water partition coefficient (Wildman–Crippen LogP) is 2.00. The van der Waals surface area contributed by atoms with Gasteiger partial charge in [-0.1, -0.05) is 11.6 Å². The van der Waals surface area contributed by atoms with Crippen LogP contribution in [0, 0.1) is 5.82 Å². The topological polar surface area (TPSA) is 95.5 Å². The second-order valence-corrected chi connectivity index (χ2v) is 6.93. The molecule has 6 nitrogen and oxygen atoms in total. The fraction of sp³-hybridized carbons (Fsp3) is 0.133. The van der Waals surface area contributed by atoms with E-state index < -0.39 is 21.7 Å². The molecule has 0 aliphatic rings. The lowest BCUT2D eigenvalue weighted by Gasteiger charge is -2.09. The maximum absolute atomic E-state index is 14.1. The minimum Gasteiger partial charge on any atom is -0.395 e. The standard InChI is InChI=1S/C15H14ClFN2O4S/c16-11-3-1-10(2-4-11)15(21)19-14-6-5-12(9-13(14)17)24(22,23)18-7-8-20/h1-6,9,18,20H,7-8H2,(H,19,21). The number of nitrogens with one attached hydrogen (secondary N) is 2. The molecule has 0 spiro atoms. The van der Waals surface area contributed by atoms with E-state index in [2.05, 4.69) is 10.0 Å². The molecule has 2 rings (SSSR count). The van der Waals surface area contributed by atoms with Crippen LogP contribution in [0.5, 0.6) is 0 Å². The minimum absolute atomic E-state index is 0.156. The summed E-state index contributed by atoms with van der Waals surface area (Å²) in [5.74, 6) is -1.45. The number of sulfonamides is 1. The molecule has 0 heterocycles. The van der Waals surface area contributed by atoms with E-state index in [0.717, 1.165) is 18.2 Å². The zero-order chi connectivity index (χ0) is 17.7. The lowest BCUT2D eigenvalue weighted by molar-refractivity contribution is 0.102. The van der Waals surface area contributed by atoms with Crippen molar-refractivity contribution in [3.05, 3.63) is 58.9 Å². The molecule has 9 heteroatoms. The number of amides is 1. The third-order valence-electron chi connectivity index (χ3n) is 3.01. The number of carbonyl (C=O) groups excluding carboxylic acids is 1. The lowest BCUT2D eigenvalue weighted by Crippen LogP contribution is -2.26. The number of hydrogen-bond donors (Lipinski definition) is 3. The van der Waals surface area contributed by atoms with E-state index in [1.165, 1.54) is 24.3 Å². The van der Waals surface area contributed by atoms with Gasteiger partial charge in [0.05, 0.1) is 17.2 Å². The van der Waals surface area contributed by atoms with Crippen molar-refractivity contribution in [1.29, 1.82) is 0 Å². The van der Waals surface area contributed by atoms with Crippen molar-refractivity contribution in [2.45, 2.75) is 4.90 Å². The Bertz CT molecular complexity index is 841. The van der Waals surface area contributed by atoms with E-state index in [9.17, 15) is 17.6 Å². The average Bonchev–Trinajstić information content (AvgIpc) is 2.55. The summed E-state index contributed by atoms with van der Waals surface area (Å²) >= 11 is 5.73. The fourth-order valence-electron chi connectivity index (χ4n) is 1.82. The van der Waals surface area contributed by atoms with Crippen molar-refractivity contribution in [3.63, 3.8) is 0 Å². The second kappa shape index (κ2) is 7.71. The van der Waals surface area contributed by atoms with Crippen LogP contribution in [0.1, 0.15) is 10.4 Å². The van der Waals surface area contributed by atoms with Gasteiger partial charge in [0.2, 0.25) is 10.0 Å². The third-order valence-corrected chi connectivity index (χ3v) is 4.72. The van der Waals surface area contributed by atoms with Gasteiger partial charge in [-0.2, -0.15) is 0 Å². The van der Waals surface area contributed by atoms with Crippen LogP contribution in [0.3, 0.4) is 0 Å². The number of anilines is 1. The second-order valence-electron chi connectivity index (χ2n) is 4.72. The Labute approximate surface area is 143 Å². The molecular weight excluding hydrogens is 359 g/mol. The van der Waals surface area contributed by atoms with Crippen LogP contribution in [0.15, 0.2) is 47.4 Å². The molecule has 0 aromatic heterocycles. The van der Waals surface area contributed by atoms with Crippen LogP contribution < -0.4 is 10.0 Å². The first kappa shape index (κ1) is 18.3. The molecule has 24 heavy (non-hydrogen) atoms. The van der Waals surface area contributed by atoms with Gasteiger partial charge in [-0.15, -0.1) is 0 Å². The maximum atomic E-state index is 14.1. The van der Waals surface area contributed by atoms with Crippen molar-refractivity contribution in [3.8, 4) is 0 Å². The van der Waals surface area contributed by atoms with Gasteiger partial charge in [0, 0.05) is 17.1 Å². The van der Waals surface area contributed by atoms with E-state index in [1.54, 1.807) is 0 Å².